The summed E-state index contributed by atoms with van der Waals surface area (Å²) in [6, 6.07) is 10.1. The number of nitrogens with zero attached hydrogens (tertiary/aromatic N) is 8. The first-order valence-electron chi connectivity index (χ1n) is 15.2. The molecule has 234 valence electrons. The van der Waals surface area contributed by atoms with Gasteiger partial charge < -0.3 is 20.9 Å². The zero-order chi connectivity index (χ0) is 31.5. The number of carbonyl (C=O) groups is 2. The van der Waals surface area contributed by atoms with Crippen LogP contribution in [0.4, 0.5) is 22.9 Å². The van der Waals surface area contributed by atoms with Gasteiger partial charge in [0.25, 0.3) is 5.91 Å². The number of fused-ring (bicyclic) bond motifs is 3. The number of rotatable bonds is 9. The van der Waals surface area contributed by atoms with Gasteiger partial charge in [0.15, 0.2) is 11.5 Å². The Hall–Kier alpha value is -4.05. The summed E-state index contributed by atoms with van der Waals surface area (Å²) in [4.78, 5) is 30.0. The third kappa shape index (κ3) is 5.22. The van der Waals surface area contributed by atoms with E-state index in [-0.39, 0.29) is 33.0 Å². The molecule has 2 amide bonds. The van der Waals surface area contributed by atoms with Crippen LogP contribution in [0.25, 0.3) is 11.1 Å². The number of anilines is 4. The van der Waals surface area contributed by atoms with Crippen LogP contribution >= 0.6 is 22.6 Å². The molecule has 0 spiro atoms. The lowest BCUT2D eigenvalue weighted by Crippen LogP contribution is -2.50. The number of aryl methyl sites for hydroxylation is 1. The summed E-state index contributed by atoms with van der Waals surface area (Å²) in [5.41, 5.74) is 6.83. The molecule has 1 aromatic carbocycles. The standard InChI is InChI=1S/C31H36IN11O2/c1-5-31(32)28-22(14-34-43(28)20-16-42(17-20)15-19-11-12-40(3)39-19)21-7-6-8-23(27(21)41(31)4)35-24-13-25(36-29(44)18-9-10-18)37-38-26(24)30(45)33-2/h6-8,11-14,18,20H,5,9-10,15-17H2,1-4H3,(H,33,45)(H2,35,36,37,44)/t31-/m0/s1. The Bertz CT molecular complexity index is 1790. The molecule has 3 aromatic heterocycles. The first kappa shape index (κ1) is 29.6. The first-order valence-corrected chi connectivity index (χ1v) is 16.3. The van der Waals surface area contributed by atoms with Crippen molar-refractivity contribution in [1.29, 1.82) is 0 Å². The number of likely N-dealkylation sites (tertiary alicyclic amines) is 1. The van der Waals surface area contributed by atoms with Crippen molar-refractivity contribution in [3.63, 3.8) is 0 Å². The van der Waals surface area contributed by atoms with E-state index < -0.39 is 0 Å². The molecule has 7 rings (SSSR count). The van der Waals surface area contributed by atoms with Crippen LogP contribution in [0.15, 0.2) is 42.7 Å². The number of nitrogens with one attached hydrogen (secondary N) is 3. The molecular weight excluding hydrogens is 685 g/mol. The van der Waals surface area contributed by atoms with Gasteiger partial charge in [-0.3, -0.25) is 23.9 Å². The van der Waals surface area contributed by atoms with Gasteiger partial charge in [-0.15, -0.1) is 10.2 Å². The molecule has 1 aliphatic carbocycles. The number of para-hydroxylation sites is 1. The molecule has 2 aliphatic heterocycles. The van der Waals surface area contributed by atoms with E-state index in [0.717, 1.165) is 67.1 Å². The number of alkyl halides is 1. The van der Waals surface area contributed by atoms with Gasteiger partial charge in [-0.2, -0.15) is 10.2 Å². The van der Waals surface area contributed by atoms with E-state index in [1.807, 2.05) is 36.3 Å². The van der Waals surface area contributed by atoms with Crippen LogP contribution in [-0.4, -0.2) is 73.7 Å². The van der Waals surface area contributed by atoms with Crippen molar-refractivity contribution in [3.8, 4) is 11.1 Å². The van der Waals surface area contributed by atoms with E-state index in [0.29, 0.717) is 11.5 Å². The molecule has 1 saturated carbocycles. The fourth-order valence-electron chi connectivity index (χ4n) is 6.34. The number of benzene rings is 1. The van der Waals surface area contributed by atoms with E-state index in [1.165, 1.54) is 5.69 Å². The largest absolute Gasteiger partial charge is 0.354 e. The maximum atomic E-state index is 12.8. The molecule has 2 fully saturated rings. The van der Waals surface area contributed by atoms with Crippen molar-refractivity contribution in [2.75, 3.05) is 42.7 Å². The summed E-state index contributed by atoms with van der Waals surface area (Å²) in [5, 5.41) is 26.8. The van der Waals surface area contributed by atoms with Crippen molar-refractivity contribution in [2.45, 2.75) is 42.3 Å². The van der Waals surface area contributed by atoms with Gasteiger partial charge in [0.05, 0.1) is 40.7 Å². The van der Waals surface area contributed by atoms with Gasteiger partial charge in [0, 0.05) is 70.1 Å². The average molecular weight is 722 g/mol. The van der Waals surface area contributed by atoms with Crippen LogP contribution in [0, 0.1) is 5.92 Å². The van der Waals surface area contributed by atoms with Gasteiger partial charge in [-0.25, -0.2) is 0 Å². The van der Waals surface area contributed by atoms with Crippen LogP contribution < -0.4 is 20.9 Å². The second-order valence-electron chi connectivity index (χ2n) is 12.0. The van der Waals surface area contributed by atoms with Crippen molar-refractivity contribution < 1.29 is 9.59 Å². The summed E-state index contributed by atoms with van der Waals surface area (Å²) in [7, 11) is 5.61. The summed E-state index contributed by atoms with van der Waals surface area (Å²) < 4.78 is 3.69. The van der Waals surface area contributed by atoms with E-state index in [1.54, 1.807) is 13.1 Å². The minimum absolute atomic E-state index is 0.0152. The van der Waals surface area contributed by atoms with Gasteiger partial charge in [-0.1, -0.05) is 19.1 Å². The van der Waals surface area contributed by atoms with Gasteiger partial charge in [0.2, 0.25) is 5.91 Å². The fraction of sp³-hybridized carbons (Fsp3) is 0.419. The number of amides is 2. The number of hydrogen-bond donors (Lipinski definition) is 3. The third-order valence-corrected chi connectivity index (χ3v) is 11.0. The topological polar surface area (TPSA) is 138 Å². The monoisotopic (exact) mass is 721 g/mol. The molecule has 14 heteroatoms. The Labute approximate surface area is 274 Å². The Morgan fingerprint density at radius 2 is 1.89 bits per heavy atom. The van der Waals surface area contributed by atoms with Crippen LogP contribution in [0.1, 0.15) is 54.1 Å². The van der Waals surface area contributed by atoms with Crippen LogP contribution in [0.2, 0.25) is 0 Å². The number of halogens is 1. The quantitative estimate of drug-likeness (QED) is 0.133. The molecule has 4 aromatic rings. The van der Waals surface area contributed by atoms with Crippen LogP contribution in [0.5, 0.6) is 0 Å². The summed E-state index contributed by atoms with van der Waals surface area (Å²) in [6.45, 7) is 4.85. The molecule has 0 radical (unpaired) electrons. The highest BCUT2D eigenvalue weighted by Gasteiger charge is 2.46. The minimum Gasteiger partial charge on any atom is -0.354 e. The second-order valence-corrected chi connectivity index (χ2v) is 13.8. The van der Waals surface area contributed by atoms with E-state index in [9.17, 15) is 9.59 Å². The molecule has 1 saturated heterocycles. The second kappa shape index (κ2) is 11.4. The van der Waals surface area contributed by atoms with Gasteiger partial charge in [0.1, 0.15) is 3.55 Å². The van der Waals surface area contributed by atoms with Gasteiger partial charge >= 0.3 is 0 Å². The van der Waals surface area contributed by atoms with Gasteiger partial charge in [-0.05, 0) is 54.0 Å². The lowest BCUT2D eigenvalue weighted by molar-refractivity contribution is -0.117. The highest BCUT2D eigenvalue weighted by Crippen LogP contribution is 2.55. The Morgan fingerprint density at radius 3 is 2.58 bits per heavy atom. The molecule has 3 N–H and O–H groups in total. The zero-order valence-corrected chi connectivity index (χ0v) is 27.9. The maximum absolute atomic E-state index is 12.8. The first-order chi connectivity index (χ1) is 21.7. The van der Waals surface area contributed by atoms with Crippen molar-refractivity contribution >= 4 is 57.3 Å². The molecule has 0 unspecified atom stereocenters. The molecule has 13 nitrogen and oxygen atoms in total. The predicted octanol–water partition coefficient (Wildman–Crippen LogP) is 4.03. The van der Waals surface area contributed by atoms with Crippen molar-refractivity contribution in [3.05, 3.63) is 59.8 Å². The molecule has 1 atom stereocenters. The Balaban J connectivity index is 1.22. The summed E-state index contributed by atoms with van der Waals surface area (Å²) in [6.07, 6.45) is 6.57. The predicted molar refractivity (Wildman–Crippen MR) is 180 cm³/mol. The molecule has 3 aliphatic rings. The fourth-order valence-corrected chi connectivity index (χ4v) is 7.12. The van der Waals surface area contributed by atoms with E-state index >= 15 is 0 Å². The highest BCUT2D eigenvalue weighted by atomic mass is 127. The zero-order valence-electron chi connectivity index (χ0n) is 25.7. The third-order valence-electron chi connectivity index (χ3n) is 8.96. The molecule has 0 bridgehead atoms. The van der Waals surface area contributed by atoms with Crippen LogP contribution in [0.3, 0.4) is 0 Å². The normalized spacial score (nSPS) is 19.4. The average Bonchev–Trinajstić information content (AvgIpc) is 3.65. The lowest BCUT2D eigenvalue weighted by Gasteiger charge is -2.47. The molecular formula is C31H36IN11O2. The van der Waals surface area contributed by atoms with Crippen molar-refractivity contribution in [2.24, 2.45) is 13.0 Å². The lowest BCUT2D eigenvalue weighted by atomic mass is 9.91. The van der Waals surface area contributed by atoms with E-state index in [4.69, 9.17) is 5.10 Å². The summed E-state index contributed by atoms with van der Waals surface area (Å²) >= 11 is 2.57. The number of hydrogen-bond acceptors (Lipinski definition) is 9. The van der Waals surface area contributed by atoms with E-state index in [2.05, 4.69) is 94.4 Å². The molecule has 5 heterocycles. The SMILES string of the molecule is CC[C@@]1(I)c2c(cnn2C2CN(Cc3ccn(C)n3)C2)-c2cccc(Nc3cc(NC(=O)C4CC4)nnc3C(=O)NC)c2N1C. The smallest absolute Gasteiger partial charge is 0.273 e. The van der Waals surface area contributed by atoms with Crippen LogP contribution in [-0.2, 0) is 21.9 Å². The number of carbonyl (C=O) groups excluding carboxylic acids is 2. The maximum Gasteiger partial charge on any atom is 0.273 e. The highest BCUT2D eigenvalue weighted by molar-refractivity contribution is 14.1. The summed E-state index contributed by atoms with van der Waals surface area (Å²) in [5.74, 6) is -0.131. The molecule has 45 heavy (non-hydrogen) atoms. The number of aromatic nitrogens is 6. The Kier molecular flexibility index (Phi) is 7.50. The van der Waals surface area contributed by atoms with Crippen molar-refractivity contribution in [1.82, 2.24) is 40.0 Å². The Morgan fingerprint density at radius 1 is 1.09 bits per heavy atom. The minimum atomic E-state index is -0.376.